The van der Waals surface area contributed by atoms with E-state index in [9.17, 15) is 22.8 Å². The number of methoxy groups -OCH3 is 1. The lowest BCUT2D eigenvalue weighted by atomic mass is 9.74. The van der Waals surface area contributed by atoms with Crippen molar-refractivity contribution in [1.29, 1.82) is 0 Å². The van der Waals surface area contributed by atoms with Gasteiger partial charge in [0, 0.05) is 37.2 Å². The van der Waals surface area contributed by atoms with Crippen molar-refractivity contribution in [2.75, 3.05) is 26.1 Å². The number of sulfone groups is 1. The van der Waals surface area contributed by atoms with Gasteiger partial charge in [-0.3, -0.25) is 9.59 Å². The van der Waals surface area contributed by atoms with Gasteiger partial charge in [0.2, 0.25) is 0 Å². The maximum atomic E-state index is 13.2. The Hall–Kier alpha value is -2.76. The molecule has 0 amide bonds. The predicted molar refractivity (Wildman–Crippen MR) is 126 cm³/mol. The summed E-state index contributed by atoms with van der Waals surface area (Å²) in [5.41, 5.74) is 1.06. The lowest BCUT2D eigenvalue weighted by Gasteiger charge is -2.44. The average Bonchev–Trinajstić information content (AvgIpc) is 3.20. The second-order valence-corrected chi connectivity index (χ2v) is 11.2. The Kier molecular flexibility index (Phi) is 8.91. The summed E-state index contributed by atoms with van der Waals surface area (Å²) in [4.78, 5) is 35.8. The maximum Gasteiger partial charge on any atom is 0.333 e. The van der Waals surface area contributed by atoms with Crippen LogP contribution in [-0.4, -0.2) is 70.9 Å². The monoisotopic (exact) mass is 524 g/mol. The van der Waals surface area contributed by atoms with Gasteiger partial charge in [0.15, 0.2) is 16.1 Å². The van der Waals surface area contributed by atoms with Gasteiger partial charge < -0.3 is 23.7 Å². The molecule has 0 unspecified atom stereocenters. The van der Waals surface area contributed by atoms with E-state index in [1.165, 1.54) is 21.0 Å². The zero-order valence-electron chi connectivity index (χ0n) is 20.8. The van der Waals surface area contributed by atoms with E-state index < -0.39 is 64.0 Å². The van der Waals surface area contributed by atoms with E-state index in [0.717, 1.165) is 5.56 Å². The molecular formula is C25H32O10S. The van der Waals surface area contributed by atoms with Crippen LogP contribution in [0.15, 0.2) is 41.3 Å². The number of rotatable bonds is 9. The molecule has 198 valence electrons. The molecule has 10 nitrogen and oxygen atoms in total. The number of esters is 3. The van der Waals surface area contributed by atoms with Gasteiger partial charge in [0.25, 0.3) is 0 Å². The molecule has 0 aliphatic carbocycles. The lowest BCUT2D eigenvalue weighted by Crippen LogP contribution is -2.55. The molecule has 0 spiro atoms. The van der Waals surface area contributed by atoms with Gasteiger partial charge in [-0.2, -0.15) is 0 Å². The summed E-state index contributed by atoms with van der Waals surface area (Å²) in [6.07, 6.45) is -2.65. The van der Waals surface area contributed by atoms with Crippen molar-refractivity contribution in [1.82, 2.24) is 0 Å². The van der Waals surface area contributed by atoms with Gasteiger partial charge in [-0.05, 0) is 25.5 Å². The Bertz CT molecular complexity index is 1090. The van der Waals surface area contributed by atoms with E-state index in [-0.39, 0.29) is 35.9 Å². The Balaban J connectivity index is 1.95. The lowest BCUT2D eigenvalue weighted by molar-refractivity contribution is -0.254. The minimum atomic E-state index is -3.69. The first-order valence-electron chi connectivity index (χ1n) is 11.6. The second kappa shape index (κ2) is 11.5. The highest BCUT2D eigenvalue weighted by Crippen LogP contribution is 2.46. The van der Waals surface area contributed by atoms with Crippen molar-refractivity contribution >= 4 is 27.7 Å². The molecule has 2 aliphatic rings. The number of fused-ring (bicyclic) bond motifs is 1. The first-order chi connectivity index (χ1) is 16.9. The molecule has 6 atom stereocenters. The minimum absolute atomic E-state index is 0.0379. The summed E-state index contributed by atoms with van der Waals surface area (Å²) in [5.74, 6) is -3.71. The van der Waals surface area contributed by atoms with E-state index in [2.05, 4.69) is 6.58 Å². The molecule has 1 aromatic rings. The zero-order valence-corrected chi connectivity index (χ0v) is 21.6. The predicted octanol–water partition coefficient (Wildman–Crippen LogP) is 1.99. The molecule has 0 radical (unpaired) electrons. The fourth-order valence-electron chi connectivity index (χ4n) is 4.82. The van der Waals surface area contributed by atoms with Crippen molar-refractivity contribution in [2.45, 2.75) is 50.6 Å². The van der Waals surface area contributed by atoms with Crippen LogP contribution in [0.1, 0.15) is 25.8 Å². The summed E-state index contributed by atoms with van der Waals surface area (Å²) in [6.45, 7) is 8.00. The van der Waals surface area contributed by atoms with Crippen LogP contribution < -0.4 is 0 Å². The first-order valence-corrected chi connectivity index (χ1v) is 13.2. The van der Waals surface area contributed by atoms with Crippen LogP contribution in [0.3, 0.4) is 0 Å². The average molecular weight is 525 g/mol. The van der Waals surface area contributed by atoms with Gasteiger partial charge in [-0.1, -0.05) is 24.3 Å². The van der Waals surface area contributed by atoms with Crippen LogP contribution in [0.2, 0.25) is 0 Å². The van der Waals surface area contributed by atoms with Crippen molar-refractivity contribution in [2.24, 2.45) is 17.8 Å². The van der Waals surface area contributed by atoms with Crippen LogP contribution >= 0.6 is 0 Å². The van der Waals surface area contributed by atoms with Crippen LogP contribution in [0.4, 0.5) is 0 Å². The van der Waals surface area contributed by atoms with Crippen molar-refractivity contribution in [3.05, 3.63) is 42.0 Å². The van der Waals surface area contributed by atoms with Crippen molar-refractivity contribution < 1.29 is 46.5 Å². The molecule has 2 aliphatic heterocycles. The van der Waals surface area contributed by atoms with Crippen LogP contribution in [0, 0.1) is 24.7 Å². The Labute approximate surface area is 210 Å². The van der Waals surface area contributed by atoms with E-state index in [4.69, 9.17) is 23.7 Å². The second-order valence-electron chi connectivity index (χ2n) is 9.15. The van der Waals surface area contributed by atoms with Gasteiger partial charge in [0.1, 0.15) is 18.8 Å². The molecule has 11 heteroatoms. The number of aryl methyl sites for hydroxylation is 1. The normalized spacial score (nSPS) is 27.6. The largest absolute Gasteiger partial charge is 0.466 e. The van der Waals surface area contributed by atoms with Crippen LogP contribution in [-0.2, 0) is 47.9 Å². The Morgan fingerprint density at radius 2 is 1.78 bits per heavy atom. The quantitative estimate of drug-likeness (QED) is 0.268. The highest BCUT2D eigenvalue weighted by Gasteiger charge is 2.55. The molecule has 36 heavy (non-hydrogen) atoms. The summed E-state index contributed by atoms with van der Waals surface area (Å²) < 4.78 is 53.8. The van der Waals surface area contributed by atoms with Crippen molar-refractivity contribution in [3.8, 4) is 0 Å². The summed E-state index contributed by atoms with van der Waals surface area (Å²) >= 11 is 0. The fraction of sp³-hybridized carbons (Fsp3) is 0.560. The molecule has 2 fully saturated rings. The topological polar surface area (TPSA) is 131 Å². The van der Waals surface area contributed by atoms with Crippen molar-refractivity contribution in [3.63, 3.8) is 0 Å². The molecule has 3 rings (SSSR count). The van der Waals surface area contributed by atoms with Crippen LogP contribution in [0.5, 0.6) is 0 Å². The van der Waals surface area contributed by atoms with Gasteiger partial charge in [0.05, 0.1) is 24.4 Å². The molecular weight excluding hydrogens is 492 g/mol. The molecule has 0 N–H and O–H groups in total. The van der Waals surface area contributed by atoms with Gasteiger partial charge >= 0.3 is 17.9 Å². The number of benzene rings is 1. The number of hydrogen-bond acceptors (Lipinski definition) is 10. The van der Waals surface area contributed by atoms with Crippen LogP contribution in [0.25, 0.3) is 0 Å². The molecule has 1 aromatic carbocycles. The van der Waals surface area contributed by atoms with E-state index in [1.807, 2.05) is 6.92 Å². The summed E-state index contributed by atoms with van der Waals surface area (Å²) in [6, 6.07) is 6.57. The number of hydrogen-bond donors (Lipinski definition) is 0. The number of carbonyl (C=O) groups is 3. The molecule has 0 saturated carbocycles. The number of ether oxygens (including phenoxy) is 5. The smallest absolute Gasteiger partial charge is 0.333 e. The van der Waals surface area contributed by atoms with Gasteiger partial charge in [-0.15, -0.1) is 0 Å². The minimum Gasteiger partial charge on any atom is -0.466 e. The fourth-order valence-corrected chi connectivity index (χ4v) is 6.45. The standard InChI is InChI=1S/C25H32O10S/c1-14-6-8-19(9-7-14)36(29,30)13-18-11-33-25-22(18)20(10-15(2)24(28)31-5)23(34-17(4)27)21(35-25)12-32-16(3)26/h6-9,18,20-23,25H,2,10-13H2,1,3-5H3/t18-,20+,21+,22+,23+,25-/m0/s1. The third-order valence-corrected chi connectivity index (χ3v) is 8.30. The number of carbonyl (C=O) groups excluding carboxylic acids is 3. The SMILES string of the molecule is C=C(C[C@H]1[C@@H](OC(C)=O)[C@@H](COC(C)=O)O[C@@H]2OC[C@@H](CS(=O)(=O)c3ccc(C)cc3)[C@@H]21)C(=O)OC. The molecule has 0 bridgehead atoms. The highest BCUT2D eigenvalue weighted by molar-refractivity contribution is 7.91. The third kappa shape index (κ3) is 6.51. The van der Waals surface area contributed by atoms with E-state index >= 15 is 0 Å². The Morgan fingerprint density at radius 3 is 2.36 bits per heavy atom. The summed E-state index contributed by atoms with van der Waals surface area (Å²) in [5, 5.41) is 0. The Morgan fingerprint density at radius 1 is 1.11 bits per heavy atom. The maximum absolute atomic E-state index is 13.2. The first kappa shape index (κ1) is 27.8. The van der Waals surface area contributed by atoms with E-state index in [1.54, 1.807) is 24.3 Å². The summed E-state index contributed by atoms with van der Waals surface area (Å²) in [7, 11) is -2.46. The molecule has 0 aromatic heterocycles. The van der Waals surface area contributed by atoms with Gasteiger partial charge in [-0.25, -0.2) is 13.2 Å². The third-order valence-electron chi connectivity index (χ3n) is 6.45. The molecule has 2 saturated heterocycles. The van der Waals surface area contributed by atoms with E-state index in [0.29, 0.717) is 0 Å². The zero-order chi connectivity index (χ0) is 26.6. The highest BCUT2D eigenvalue weighted by atomic mass is 32.2. The molecule has 2 heterocycles.